The third-order valence-electron chi connectivity index (χ3n) is 3.30. The highest BCUT2D eigenvalue weighted by Gasteiger charge is 2.21. The zero-order valence-electron chi connectivity index (χ0n) is 11.5. The minimum absolute atomic E-state index is 0.184. The summed E-state index contributed by atoms with van der Waals surface area (Å²) >= 11 is 0. The van der Waals surface area contributed by atoms with Crippen molar-refractivity contribution in [3.8, 4) is 0 Å². The van der Waals surface area contributed by atoms with Crippen LogP contribution in [0, 0.1) is 12.7 Å². The summed E-state index contributed by atoms with van der Waals surface area (Å²) in [4.78, 5) is 3.81. The summed E-state index contributed by atoms with van der Waals surface area (Å²) in [6.07, 6.45) is 5.65. The van der Waals surface area contributed by atoms with E-state index in [1.165, 1.54) is 6.20 Å². The molecule has 0 radical (unpaired) electrons. The van der Waals surface area contributed by atoms with Gasteiger partial charge in [0.05, 0.1) is 18.4 Å². The van der Waals surface area contributed by atoms with Crippen LogP contribution in [0.2, 0.25) is 0 Å². The Labute approximate surface area is 112 Å². The van der Waals surface area contributed by atoms with Crippen molar-refractivity contribution in [1.29, 1.82) is 0 Å². The molecule has 0 aliphatic carbocycles. The monoisotopic (exact) mass is 262 g/mol. The van der Waals surface area contributed by atoms with E-state index in [0.717, 1.165) is 24.2 Å². The average Bonchev–Trinajstić information content (AvgIpc) is 2.73. The average molecular weight is 262 g/mol. The van der Waals surface area contributed by atoms with Crippen molar-refractivity contribution in [2.75, 3.05) is 6.54 Å². The summed E-state index contributed by atoms with van der Waals surface area (Å²) in [7, 11) is 1.89. The molecule has 0 aliphatic rings. The van der Waals surface area contributed by atoms with Gasteiger partial charge in [-0.25, -0.2) is 4.39 Å². The van der Waals surface area contributed by atoms with Crippen LogP contribution in [0.15, 0.2) is 24.7 Å². The molecule has 2 heterocycles. The molecule has 102 valence electrons. The van der Waals surface area contributed by atoms with Crippen LogP contribution >= 0.6 is 0 Å². The number of aromatic nitrogens is 3. The molecule has 5 heteroatoms. The maximum Gasteiger partial charge on any atom is 0.146 e. The summed E-state index contributed by atoms with van der Waals surface area (Å²) in [5, 5.41) is 7.61. The topological polar surface area (TPSA) is 42.7 Å². The van der Waals surface area contributed by atoms with Crippen molar-refractivity contribution in [3.63, 3.8) is 0 Å². The fourth-order valence-electron chi connectivity index (χ4n) is 2.10. The van der Waals surface area contributed by atoms with E-state index >= 15 is 0 Å². The molecule has 0 aliphatic heterocycles. The summed E-state index contributed by atoms with van der Waals surface area (Å²) < 4.78 is 15.8. The maximum absolute atomic E-state index is 14.0. The highest BCUT2D eigenvalue weighted by Crippen LogP contribution is 2.26. The van der Waals surface area contributed by atoms with Gasteiger partial charge in [-0.1, -0.05) is 6.92 Å². The molecule has 0 fully saturated rings. The molecule has 1 atom stereocenters. The molecular formula is C14H19FN4. The van der Waals surface area contributed by atoms with Crippen molar-refractivity contribution in [3.05, 3.63) is 47.3 Å². The van der Waals surface area contributed by atoms with Crippen LogP contribution < -0.4 is 5.32 Å². The smallest absolute Gasteiger partial charge is 0.146 e. The number of nitrogens with one attached hydrogen (secondary N) is 1. The van der Waals surface area contributed by atoms with Gasteiger partial charge in [-0.3, -0.25) is 9.67 Å². The molecule has 2 rings (SSSR count). The normalized spacial score (nSPS) is 12.6. The fraction of sp³-hybridized carbons (Fsp3) is 0.429. The first-order valence-electron chi connectivity index (χ1n) is 6.46. The SMILES string of the molecule is CCCNC(c1ccncc1F)c1cnn(C)c1C. The quantitative estimate of drug-likeness (QED) is 0.899. The molecule has 2 aromatic heterocycles. The predicted octanol–water partition coefficient (Wildman–Crippen LogP) is 2.35. The van der Waals surface area contributed by atoms with E-state index in [1.807, 2.05) is 14.0 Å². The number of rotatable bonds is 5. The van der Waals surface area contributed by atoms with Gasteiger partial charge >= 0.3 is 0 Å². The largest absolute Gasteiger partial charge is 0.306 e. The minimum Gasteiger partial charge on any atom is -0.306 e. The van der Waals surface area contributed by atoms with Crippen molar-refractivity contribution in [1.82, 2.24) is 20.1 Å². The molecule has 2 aromatic rings. The highest BCUT2D eigenvalue weighted by atomic mass is 19.1. The highest BCUT2D eigenvalue weighted by molar-refractivity contribution is 5.32. The van der Waals surface area contributed by atoms with Gasteiger partial charge in [0.15, 0.2) is 0 Å². The van der Waals surface area contributed by atoms with E-state index in [0.29, 0.717) is 5.56 Å². The summed E-state index contributed by atoms with van der Waals surface area (Å²) in [6, 6.07) is 1.53. The summed E-state index contributed by atoms with van der Waals surface area (Å²) in [6.45, 7) is 4.89. The van der Waals surface area contributed by atoms with E-state index in [-0.39, 0.29) is 11.9 Å². The second kappa shape index (κ2) is 5.93. The minimum atomic E-state index is -0.292. The molecule has 0 aromatic carbocycles. The van der Waals surface area contributed by atoms with Gasteiger partial charge in [0.2, 0.25) is 0 Å². The van der Waals surface area contributed by atoms with Gasteiger partial charge in [0, 0.05) is 30.1 Å². The van der Waals surface area contributed by atoms with Crippen LogP contribution in [-0.4, -0.2) is 21.3 Å². The predicted molar refractivity (Wildman–Crippen MR) is 72.3 cm³/mol. The lowest BCUT2D eigenvalue weighted by Crippen LogP contribution is -2.24. The third kappa shape index (κ3) is 2.81. The number of nitrogens with zero attached hydrogens (tertiary/aromatic N) is 3. The molecule has 4 nitrogen and oxygen atoms in total. The lowest BCUT2D eigenvalue weighted by atomic mass is 10.00. The van der Waals surface area contributed by atoms with Gasteiger partial charge in [-0.2, -0.15) is 5.10 Å². The van der Waals surface area contributed by atoms with Crippen molar-refractivity contribution in [2.24, 2.45) is 7.05 Å². The van der Waals surface area contributed by atoms with Crippen molar-refractivity contribution in [2.45, 2.75) is 26.3 Å². The molecular weight excluding hydrogens is 243 g/mol. The Morgan fingerprint density at radius 3 is 2.74 bits per heavy atom. The summed E-state index contributed by atoms with van der Waals surface area (Å²) in [5.41, 5.74) is 2.64. The first-order valence-corrected chi connectivity index (χ1v) is 6.46. The van der Waals surface area contributed by atoms with Gasteiger partial charge in [-0.05, 0) is 26.0 Å². The Kier molecular flexibility index (Phi) is 4.27. The van der Waals surface area contributed by atoms with Gasteiger partial charge in [0.25, 0.3) is 0 Å². The Morgan fingerprint density at radius 2 is 2.16 bits per heavy atom. The molecule has 0 amide bonds. The van der Waals surface area contributed by atoms with Crippen LogP contribution in [0.4, 0.5) is 4.39 Å². The molecule has 0 spiro atoms. The van der Waals surface area contributed by atoms with E-state index in [9.17, 15) is 4.39 Å². The van der Waals surface area contributed by atoms with Crippen LogP contribution in [-0.2, 0) is 7.05 Å². The maximum atomic E-state index is 14.0. The zero-order chi connectivity index (χ0) is 13.8. The van der Waals surface area contributed by atoms with Crippen molar-refractivity contribution < 1.29 is 4.39 Å². The van der Waals surface area contributed by atoms with E-state index in [2.05, 4.69) is 22.3 Å². The Hall–Kier alpha value is -1.75. The first kappa shape index (κ1) is 13.7. The third-order valence-corrected chi connectivity index (χ3v) is 3.30. The fourth-order valence-corrected chi connectivity index (χ4v) is 2.10. The van der Waals surface area contributed by atoms with Crippen LogP contribution in [0.1, 0.15) is 36.2 Å². The second-order valence-electron chi connectivity index (χ2n) is 4.59. The molecule has 19 heavy (non-hydrogen) atoms. The molecule has 1 N–H and O–H groups in total. The van der Waals surface area contributed by atoms with E-state index < -0.39 is 0 Å². The number of halogens is 1. The Morgan fingerprint density at radius 1 is 1.37 bits per heavy atom. The second-order valence-corrected chi connectivity index (χ2v) is 4.59. The van der Waals surface area contributed by atoms with Crippen molar-refractivity contribution >= 4 is 0 Å². The van der Waals surface area contributed by atoms with Crippen LogP contribution in [0.3, 0.4) is 0 Å². The van der Waals surface area contributed by atoms with E-state index in [4.69, 9.17) is 0 Å². The molecule has 0 saturated heterocycles. The lowest BCUT2D eigenvalue weighted by Gasteiger charge is -2.19. The zero-order valence-corrected chi connectivity index (χ0v) is 11.5. The number of pyridine rings is 1. The lowest BCUT2D eigenvalue weighted by molar-refractivity contribution is 0.541. The van der Waals surface area contributed by atoms with Gasteiger partial charge in [-0.15, -0.1) is 0 Å². The number of hydrogen-bond donors (Lipinski definition) is 1. The number of aryl methyl sites for hydroxylation is 1. The Bertz CT molecular complexity index is 550. The van der Waals surface area contributed by atoms with Crippen LogP contribution in [0.25, 0.3) is 0 Å². The standard InChI is InChI=1S/C14H19FN4/c1-4-6-17-14(11-5-7-16-9-13(11)15)12-8-18-19(3)10(12)2/h5,7-9,14,17H,4,6H2,1-3H3. The van der Waals surface area contributed by atoms with E-state index in [1.54, 1.807) is 23.1 Å². The Balaban J connectivity index is 2.42. The summed E-state index contributed by atoms with van der Waals surface area (Å²) in [5.74, 6) is -0.292. The van der Waals surface area contributed by atoms with Gasteiger partial charge < -0.3 is 5.32 Å². The molecule has 1 unspecified atom stereocenters. The first-order chi connectivity index (χ1) is 9.15. The van der Waals surface area contributed by atoms with Crippen LogP contribution in [0.5, 0.6) is 0 Å². The van der Waals surface area contributed by atoms with Gasteiger partial charge in [0.1, 0.15) is 5.82 Å². The molecule has 0 saturated carbocycles. The number of hydrogen-bond acceptors (Lipinski definition) is 3. The molecule has 0 bridgehead atoms.